The molecule has 0 radical (unpaired) electrons. The van der Waals surface area contributed by atoms with Crippen molar-refractivity contribution in [2.24, 2.45) is 0 Å². The van der Waals surface area contributed by atoms with Gasteiger partial charge in [0.1, 0.15) is 11.9 Å². The van der Waals surface area contributed by atoms with E-state index in [2.05, 4.69) is 12.6 Å². The van der Waals surface area contributed by atoms with Crippen LogP contribution in [0.15, 0.2) is 84.6 Å². The van der Waals surface area contributed by atoms with Crippen LogP contribution in [0.1, 0.15) is 11.1 Å². The van der Waals surface area contributed by atoms with Crippen molar-refractivity contribution in [3.8, 4) is 6.07 Å². The molecule has 0 aromatic heterocycles. The molecule has 0 unspecified atom stereocenters. The van der Waals surface area contributed by atoms with Crippen LogP contribution in [0.2, 0.25) is 10.0 Å². The predicted octanol–water partition coefficient (Wildman–Crippen LogP) is 6.84. The molecule has 0 atom stereocenters. The molecule has 0 spiro atoms. The van der Waals surface area contributed by atoms with E-state index in [0.717, 1.165) is 5.56 Å². The summed E-state index contributed by atoms with van der Waals surface area (Å²) in [7, 11) is 0. The van der Waals surface area contributed by atoms with E-state index in [4.69, 9.17) is 28.9 Å². The number of halogens is 3. The zero-order valence-electron chi connectivity index (χ0n) is 15.9. The van der Waals surface area contributed by atoms with Crippen LogP contribution in [0.5, 0.6) is 0 Å². The average Bonchev–Trinajstić information content (AvgIpc) is 2.73. The highest BCUT2D eigenvalue weighted by atomic mass is 35.5. The predicted molar refractivity (Wildman–Crippen MR) is 123 cm³/mol. The molecule has 0 aliphatic carbocycles. The van der Waals surface area contributed by atoms with Crippen LogP contribution < -0.4 is 10.6 Å². The number of rotatable bonds is 6. The second kappa shape index (κ2) is 9.49. The van der Waals surface area contributed by atoms with Gasteiger partial charge in [-0.2, -0.15) is 5.26 Å². The number of benzene rings is 3. The average molecular weight is 438 g/mol. The van der Waals surface area contributed by atoms with Gasteiger partial charge in [-0.15, -0.1) is 0 Å². The Labute approximate surface area is 185 Å². The van der Waals surface area contributed by atoms with E-state index in [-0.39, 0.29) is 5.57 Å². The summed E-state index contributed by atoms with van der Waals surface area (Å²) in [6, 6.07) is 20.8. The zero-order valence-corrected chi connectivity index (χ0v) is 17.5. The maximum absolute atomic E-state index is 14.1. The third kappa shape index (κ3) is 4.83. The molecule has 0 saturated heterocycles. The lowest BCUT2D eigenvalue weighted by Gasteiger charge is -2.28. The van der Waals surface area contributed by atoms with Crippen molar-refractivity contribution in [3.63, 3.8) is 0 Å². The highest BCUT2D eigenvalue weighted by molar-refractivity contribution is 6.35. The maximum Gasteiger partial charge on any atom is 0.130 e. The van der Waals surface area contributed by atoms with Gasteiger partial charge in [0.25, 0.3) is 0 Å². The molecule has 0 heterocycles. The third-order valence-electron chi connectivity index (χ3n) is 4.53. The van der Waals surface area contributed by atoms with E-state index in [9.17, 15) is 9.65 Å². The van der Waals surface area contributed by atoms with E-state index in [0.29, 0.717) is 39.2 Å². The molecule has 0 aliphatic rings. The highest BCUT2D eigenvalue weighted by Gasteiger charge is 2.19. The Hall–Kier alpha value is -3.26. The summed E-state index contributed by atoms with van der Waals surface area (Å²) in [5.74, 6) is -0.426. The van der Waals surface area contributed by atoms with E-state index in [1.807, 2.05) is 18.2 Å². The van der Waals surface area contributed by atoms with Gasteiger partial charge < -0.3 is 10.6 Å². The normalized spacial score (nSPS) is 11.1. The molecule has 0 saturated carbocycles. The summed E-state index contributed by atoms with van der Waals surface area (Å²) in [5.41, 5.74) is 8.99. The van der Waals surface area contributed by atoms with Gasteiger partial charge in [-0.3, -0.25) is 0 Å². The van der Waals surface area contributed by atoms with Crippen molar-refractivity contribution in [1.82, 2.24) is 0 Å². The second-order valence-corrected chi connectivity index (χ2v) is 7.36. The van der Waals surface area contributed by atoms with Gasteiger partial charge in [0.05, 0.1) is 22.6 Å². The summed E-state index contributed by atoms with van der Waals surface area (Å²) in [6.45, 7) is 4.39. The standard InChI is InChI=1S/C24H18Cl2FN3/c1-16(19(14-28)12-17-6-2-3-7-22(17)27)30(24-9-5-4-8-23(24)29)15-18-10-11-20(25)13-21(18)26/h2-13H,1,15,29H2/b19-12+. The molecule has 3 rings (SSSR count). The molecule has 6 heteroatoms. The molecule has 3 nitrogen and oxygen atoms in total. The molecule has 3 aromatic rings. The lowest BCUT2D eigenvalue weighted by atomic mass is 10.1. The second-order valence-electron chi connectivity index (χ2n) is 6.52. The van der Waals surface area contributed by atoms with Crippen LogP contribution in [-0.4, -0.2) is 0 Å². The minimum Gasteiger partial charge on any atom is -0.397 e. The number of para-hydroxylation sites is 2. The molecule has 0 fully saturated rings. The van der Waals surface area contributed by atoms with Crippen molar-refractivity contribution in [1.29, 1.82) is 5.26 Å². The number of allylic oxidation sites excluding steroid dienone is 1. The molecular weight excluding hydrogens is 420 g/mol. The van der Waals surface area contributed by atoms with Gasteiger partial charge in [-0.1, -0.05) is 66.2 Å². The summed E-state index contributed by atoms with van der Waals surface area (Å²) < 4.78 is 14.1. The lowest BCUT2D eigenvalue weighted by Crippen LogP contribution is -2.23. The van der Waals surface area contributed by atoms with Gasteiger partial charge in [-0.25, -0.2) is 4.39 Å². The number of nitriles is 1. The first-order valence-electron chi connectivity index (χ1n) is 9.02. The van der Waals surface area contributed by atoms with Crippen LogP contribution in [0, 0.1) is 17.1 Å². The Bertz CT molecular complexity index is 1170. The Morgan fingerprint density at radius 3 is 2.47 bits per heavy atom. The van der Waals surface area contributed by atoms with Crippen molar-refractivity contribution in [2.75, 3.05) is 10.6 Å². The molecule has 30 heavy (non-hydrogen) atoms. The Balaban J connectivity index is 2.07. The van der Waals surface area contributed by atoms with Crippen molar-refractivity contribution in [3.05, 3.63) is 112 Å². The molecule has 0 amide bonds. The Kier molecular flexibility index (Phi) is 6.79. The number of anilines is 2. The van der Waals surface area contributed by atoms with Gasteiger partial charge in [0.2, 0.25) is 0 Å². The number of nitrogens with two attached hydrogens (primary N) is 1. The third-order valence-corrected chi connectivity index (χ3v) is 5.12. The van der Waals surface area contributed by atoms with Gasteiger partial charge in [0, 0.05) is 22.2 Å². The Morgan fingerprint density at radius 1 is 1.10 bits per heavy atom. The van der Waals surface area contributed by atoms with E-state index in [1.165, 1.54) is 12.1 Å². The van der Waals surface area contributed by atoms with Crippen LogP contribution in [-0.2, 0) is 6.54 Å². The minimum absolute atomic E-state index is 0.202. The molecular formula is C24H18Cl2FN3. The molecule has 2 N–H and O–H groups in total. The van der Waals surface area contributed by atoms with Crippen LogP contribution in [0.25, 0.3) is 6.08 Å². The monoisotopic (exact) mass is 437 g/mol. The van der Waals surface area contributed by atoms with E-state index in [1.54, 1.807) is 47.4 Å². The molecule has 150 valence electrons. The smallest absolute Gasteiger partial charge is 0.130 e. The quantitative estimate of drug-likeness (QED) is 0.260. The summed E-state index contributed by atoms with van der Waals surface area (Å²) in [4.78, 5) is 1.78. The summed E-state index contributed by atoms with van der Waals surface area (Å²) >= 11 is 12.4. The number of nitrogens with zero attached hydrogens (tertiary/aromatic N) is 2. The topological polar surface area (TPSA) is 53.0 Å². The molecule has 0 aliphatic heterocycles. The van der Waals surface area contributed by atoms with Crippen LogP contribution >= 0.6 is 23.2 Å². The number of hydrogen-bond acceptors (Lipinski definition) is 3. The SMILES string of the molecule is C=C(/C(C#N)=C/c1ccccc1F)N(Cc1ccc(Cl)cc1Cl)c1ccccc1N. The maximum atomic E-state index is 14.1. The first-order valence-corrected chi connectivity index (χ1v) is 9.78. The fraction of sp³-hybridized carbons (Fsp3) is 0.0417. The highest BCUT2D eigenvalue weighted by Crippen LogP contribution is 2.33. The summed E-state index contributed by atoms with van der Waals surface area (Å²) in [6.07, 6.45) is 1.47. The first kappa shape index (κ1) is 21.4. The fourth-order valence-corrected chi connectivity index (χ4v) is 3.42. The number of hydrogen-bond donors (Lipinski definition) is 1. The molecule has 3 aromatic carbocycles. The van der Waals surface area contributed by atoms with Gasteiger partial charge >= 0.3 is 0 Å². The van der Waals surface area contributed by atoms with Crippen molar-refractivity contribution >= 4 is 40.7 Å². The largest absolute Gasteiger partial charge is 0.397 e. The Morgan fingerprint density at radius 2 is 1.80 bits per heavy atom. The van der Waals surface area contributed by atoms with Crippen molar-refractivity contribution in [2.45, 2.75) is 6.54 Å². The first-order chi connectivity index (χ1) is 14.4. The van der Waals surface area contributed by atoms with Crippen LogP contribution in [0.3, 0.4) is 0 Å². The number of nitrogen functional groups attached to an aromatic ring is 1. The lowest BCUT2D eigenvalue weighted by molar-refractivity contribution is 0.625. The summed E-state index contributed by atoms with van der Waals surface area (Å²) in [5, 5.41) is 10.8. The van der Waals surface area contributed by atoms with Crippen molar-refractivity contribution < 1.29 is 4.39 Å². The van der Waals surface area contributed by atoms with Gasteiger partial charge in [-0.05, 0) is 42.0 Å². The zero-order chi connectivity index (χ0) is 21.7. The van der Waals surface area contributed by atoms with E-state index >= 15 is 0 Å². The van der Waals surface area contributed by atoms with Crippen LogP contribution in [0.4, 0.5) is 15.8 Å². The minimum atomic E-state index is -0.426. The molecule has 0 bridgehead atoms. The van der Waals surface area contributed by atoms with Gasteiger partial charge in [0.15, 0.2) is 0 Å². The van der Waals surface area contributed by atoms with E-state index < -0.39 is 5.82 Å². The fourth-order valence-electron chi connectivity index (χ4n) is 2.95.